The van der Waals surface area contributed by atoms with E-state index < -0.39 is 0 Å². The van der Waals surface area contributed by atoms with Gasteiger partial charge in [0.1, 0.15) is 5.82 Å². The van der Waals surface area contributed by atoms with E-state index in [4.69, 9.17) is 0 Å². The molecule has 0 saturated heterocycles. The van der Waals surface area contributed by atoms with Gasteiger partial charge in [-0.15, -0.1) is 0 Å². The second kappa shape index (κ2) is 6.00. The van der Waals surface area contributed by atoms with E-state index in [0.29, 0.717) is 6.04 Å². The maximum atomic E-state index is 13.5. The fourth-order valence-corrected chi connectivity index (χ4v) is 2.00. The molecule has 1 aromatic rings. The van der Waals surface area contributed by atoms with E-state index in [1.807, 2.05) is 26.0 Å². The molecule has 0 aliphatic heterocycles. The summed E-state index contributed by atoms with van der Waals surface area (Å²) in [5.74, 6) is -0.0749. The minimum Gasteiger partial charge on any atom is -0.310 e. The van der Waals surface area contributed by atoms with Crippen LogP contribution in [-0.4, -0.2) is 6.54 Å². The maximum Gasteiger partial charge on any atom is 0.129 e. The van der Waals surface area contributed by atoms with Crippen LogP contribution < -0.4 is 5.32 Å². The molecule has 0 fully saturated rings. The molecule has 0 aliphatic rings. The van der Waals surface area contributed by atoms with Gasteiger partial charge in [-0.05, 0) is 49.9 Å². The summed E-state index contributed by atoms with van der Waals surface area (Å²) >= 11 is 0. The van der Waals surface area contributed by atoms with Gasteiger partial charge in [0.15, 0.2) is 0 Å². The third-order valence-electron chi connectivity index (χ3n) is 2.91. The van der Waals surface area contributed by atoms with Gasteiger partial charge in [0.25, 0.3) is 0 Å². The molecule has 0 radical (unpaired) electrons. The van der Waals surface area contributed by atoms with Crippen LogP contribution in [0.4, 0.5) is 4.39 Å². The highest BCUT2D eigenvalue weighted by Gasteiger charge is 2.11. The average Bonchev–Trinajstić information content (AvgIpc) is 2.26. The number of halogens is 1. The van der Waals surface area contributed by atoms with E-state index in [1.54, 1.807) is 0 Å². The normalized spacial score (nSPS) is 12.8. The van der Waals surface area contributed by atoms with Crippen LogP contribution in [0.2, 0.25) is 0 Å². The average molecular weight is 223 g/mol. The zero-order chi connectivity index (χ0) is 12.1. The zero-order valence-corrected chi connectivity index (χ0v) is 10.7. The van der Waals surface area contributed by atoms with Gasteiger partial charge in [-0.2, -0.15) is 0 Å². The van der Waals surface area contributed by atoms with Crippen molar-refractivity contribution in [2.24, 2.45) is 0 Å². The summed E-state index contributed by atoms with van der Waals surface area (Å²) in [5, 5.41) is 3.49. The molecule has 0 amide bonds. The highest BCUT2D eigenvalue weighted by atomic mass is 19.1. The molecule has 1 aromatic carbocycles. The number of nitrogens with one attached hydrogen (secondary N) is 1. The SMILES string of the molecule is CCCNC(CC)c1cc(C)c(F)c(C)c1. The van der Waals surface area contributed by atoms with E-state index in [1.165, 1.54) is 5.56 Å². The molecule has 1 nitrogen and oxygen atoms in total. The number of hydrogen-bond acceptors (Lipinski definition) is 1. The third kappa shape index (κ3) is 3.05. The lowest BCUT2D eigenvalue weighted by atomic mass is 9.99. The smallest absolute Gasteiger partial charge is 0.129 e. The lowest BCUT2D eigenvalue weighted by Crippen LogP contribution is -2.21. The van der Waals surface area contributed by atoms with Gasteiger partial charge in [0.2, 0.25) is 0 Å². The summed E-state index contributed by atoms with van der Waals surface area (Å²) in [7, 11) is 0. The van der Waals surface area contributed by atoms with Gasteiger partial charge >= 0.3 is 0 Å². The Labute approximate surface area is 98.1 Å². The molecule has 0 spiro atoms. The molecule has 0 bridgehead atoms. The lowest BCUT2D eigenvalue weighted by molar-refractivity contribution is 0.515. The fraction of sp³-hybridized carbons (Fsp3) is 0.571. The first kappa shape index (κ1) is 13.2. The molecule has 2 heteroatoms. The van der Waals surface area contributed by atoms with Crippen LogP contribution in [0.5, 0.6) is 0 Å². The van der Waals surface area contributed by atoms with E-state index >= 15 is 0 Å². The lowest BCUT2D eigenvalue weighted by Gasteiger charge is -2.18. The highest BCUT2D eigenvalue weighted by Crippen LogP contribution is 2.22. The van der Waals surface area contributed by atoms with Crippen LogP contribution in [0.1, 0.15) is 49.4 Å². The summed E-state index contributed by atoms with van der Waals surface area (Å²) < 4.78 is 13.5. The standard InChI is InChI=1S/C14H22FN/c1-5-7-16-13(6-2)12-8-10(3)14(15)11(4)9-12/h8-9,13,16H,5-7H2,1-4H3. The third-order valence-corrected chi connectivity index (χ3v) is 2.91. The van der Waals surface area contributed by atoms with Crippen LogP contribution in [0.25, 0.3) is 0 Å². The molecular weight excluding hydrogens is 201 g/mol. The molecule has 0 aromatic heterocycles. The highest BCUT2D eigenvalue weighted by molar-refractivity contribution is 5.32. The first-order valence-corrected chi connectivity index (χ1v) is 6.10. The Morgan fingerprint density at radius 3 is 2.19 bits per heavy atom. The van der Waals surface area contributed by atoms with Gasteiger partial charge in [0, 0.05) is 6.04 Å². The molecule has 1 rings (SSSR count). The van der Waals surface area contributed by atoms with Crippen molar-refractivity contribution in [2.45, 2.75) is 46.6 Å². The maximum absolute atomic E-state index is 13.5. The largest absolute Gasteiger partial charge is 0.310 e. The van der Waals surface area contributed by atoms with Crippen LogP contribution >= 0.6 is 0 Å². The topological polar surface area (TPSA) is 12.0 Å². The Morgan fingerprint density at radius 2 is 1.75 bits per heavy atom. The first-order valence-electron chi connectivity index (χ1n) is 6.10. The predicted molar refractivity (Wildman–Crippen MR) is 67.2 cm³/mol. The second-order valence-corrected chi connectivity index (χ2v) is 4.38. The van der Waals surface area contributed by atoms with Crippen molar-refractivity contribution < 1.29 is 4.39 Å². The number of hydrogen-bond donors (Lipinski definition) is 1. The van der Waals surface area contributed by atoms with Crippen molar-refractivity contribution in [3.8, 4) is 0 Å². The van der Waals surface area contributed by atoms with Crippen molar-refractivity contribution in [1.29, 1.82) is 0 Å². The van der Waals surface area contributed by atoms with Crippen molar-refractivity contribution in [1.82, 2.24) is 5.32 Å². The molecule has 90 valence electrons. The molecule has 0 aliphatic carbocycles. The molecule has 1 atom stereocenters. The van der Waals surface area contributed by atoms with Crippen molar-refractivity contribution >= 4 is 0 Å². The van der Waals surface area contributed by atoms with Gasteiger partial charge < -0.3 is 5.32 Å². The number of benzene rings is 1. The number of aryl methyl sites for hydroxylation is 2. The molecule has 0 saturated carbocycles. The van der Waals surface area contributed by atoms with Crippen LogP contribution in [0.15, 0.2) is 12.1 Å². The second-order valence-electron chi connectivity index (χ2n) is 4.38. The van der Waals surface area contributed by atoms with Crippen molar-refractivity contribution in [3.63, 3.8) is 0 Å². The summed E-state index contributed by atoms with van der Waals surface area (Å²) in [6, 6.07) is 4.26. The van der Waals surface area contributed by atoms with Gasteiger partial charge in [-0.3, -0.25) is 0 Å². The molecule has 0 heterocycles. The Hall–Kier alpha value is -0.890. The van der Waals surface area contributed by atoms with Gasteiger partial charge in [-0.25, -0.2) is 4.39 Å². The van der Waals surface area contributed by atoms with Gasteiger partial charge in [0.05, 0.1) is 0 Å². The van der Waals surface area contributed by atoms with Crippen LogP contribution in [-0.2, 0) is 0 Å². The van der Waals surface area contributed by atoms with E-state index in [-0.39, 0.29) is 5.82 Å². The quantitative estimate of drug-likeness (QED) is 0.798. The molecule has 16 heavy (non-hydrogen) atoms. The molecule has 1 N–H and O–H groups in total. The Bertz CT molecular complexity index is 324. The Kier molecular flexibility index (Phi) is 4.94. The summed E-state index contributed by atoms with van der Waals surface area (Å²) in [6.07, 6.45) is 2.15. The Morgan fingerprint density at radius 1 is 1.19 bits per heavy atom. The minimum absolute atomic E-state index is 0.0749. The zero-order valence-electron chi connectivity index (χ0n) is 10.7. The monoisotopic (exact) mass is 223 g/mol. The predicted octanol–water partition coefficient (Wildman–Crippen LogP) is 3.89. The van der Waals surface area contributed by atoms with Crippen molar-refractivity contribution in [2.75, 3.05) is 6.54 Å². The van der Waals surface area contributed by atoms with E-state index in [9.17, 15) is 4.39 Å². The molecular formula is C14H22FN. The van der Waals surface area contributed by atoms with Gasteiger partial charge in [-0.1, -0.05) is 26.0 Å². The fourth-order valence-electron chi connectivity index (χ4n) is 2.00. The van der Waals surface area contributed by atoms with E-state index in [0.717, 1.165) is 30.5 Å². The summed E-state index contributed by atoms with van der Waals surface area (Å²) in [6.45, 7) is 8.98. The molecule has 1 unspecified atom stereocenters. The first-order chi connectivity index (χ1) is 7.60. The van der Waals surface area contributed by atoms with Crippen LogP contribution in [0.3, 0.4) is 0 Å². The summed E-state index contributed by atoms with van der Waals surface area (Å²) in [4.78, 5) is 0. The minimum atomic E-state index is -0.0749. The Balaban J connectivity index is 2.92. The van der Waals surface area contributed by atoms with Crippen molar-refractivity contribution in [3.05, 3.63) is 34.6 Å². The number of rotatable bonds is 5. The van der Waals surface area contributed by atoms with Crippen LogP contribution in [0, 0.1) is 19.7 Å². The summed E-state index contributed by atoms with van der Waals surface area (Å²) in [5.41, 5.74) is 2.69. The van der Waals surface area contributed by atoms with E-state index in [2.05, 4.69) is 19.2 Å².